The van der Waals surface area contributed by atoms with Gasteiger partial charge in [-0.1, -0.05) is 41.9 Å². The molecule has 3 heteroatoms. The Labute approximate surface area is 116 Å². The molecule has 0 spiro atoms. The van der Waals surface area contributed by atoms with E-state index in [1.807, 2.05) is 36.4 Å². The Morgan fingerprint density at radius 3 is 2.58 bits per heavy atom. The van der Waals surface area contributed by atoms with Crippen LogP contribution in [-0.2, 0) is 6.42 Å². The summed E-state index contributed by atoms with van der Waals surface area (Å²) in [5.74, 6) is 0. The Hall–Kier alpha value is -1.77. The first-order valence-electron chi connectivity index (χ1n) is 6.26. The van der Waals surface area contributed by atoms with E-state index >= 15 is 0 Å². The number of hydrogen-bond donors (Lipinski definition) is 2. The van der Waals surface area contributed by atoms with Crippen LogP contribution < -0.4 is 0 Å². The van der Waals surface area contributed by atoms with Crippen LogP contribution in [0.3, 0.4) is 0 Å². The highest BCUT2D eigenvalue weighted by molar-refractivity contribution is 6.31. The first-order valence-corrected chi connectivity index (χ1v) is 6.64. The van der Waals surface area contributed by atoms with Crippen molar-refractivity contribution < 1.29 is 5.11 Å². The van der Waals surface area contributed by atoms with Gasteiger partial charge in [0.25, 0.3) is 0 Å². The van der Waals surface area contributed by atoms with Gasteiger partial charge in [0.15, 0.2) is 0 Å². The van der Waals surface area contributed by atoms with Crippen LogP contribution in [0.5, 0.6) is 0 Å². The molecule has 0 atom stereocenters. The highest BCUT2D eigenvalue weighted by Crippen LogP contribution is 2.32. The molecule has 3 rings (SSSR count). The fourth-order valence-corrected chi connectivity index (χ4v) is 2.61. The third kappa shape index (κ3) is 2.25. The van der Waals surface area contributed by atoms with E-state index in [0.29, 0.717) is 11.4 Å². The zero-order valence-electron chi connectivity index (χ0n) is 10.4. The van der Waals surface area contributed by atoms with Crippen molar-refractivity contribution in [1.82, 2.24) is 4.98 Å². The van der Waals surface area contributed by atoms with Crippen LogP contribution in [0.1, 0.15) is 5.56 Å². The minimum absolute atomic E-state index is 0.124. The Kier molecular flexibility index (Phi) is 3.28. The molecule has 0 saturated heterocycles. The van der Waals surface area contributed by atoms with Gasteiger partial charge in [0.1, 0.15) is 0 Å². The van der Waals surface area contributed by atoms with E-state index < -0.39 is 0 Å². The van der Waals surface area contributed by atoms with Crippen molar-refractivity contribution in [2.75, 3.05) is 6.61 Å². The maximum absolute atomic E-state index is 9.29. The van der Waals surface area contributed by atoms with Gasteiger partial charge in [-0.2, -0.15) is 0 Å². The van der Waals surface area contributed by atoms with Gasteiger partial charge in [0, 0.05) is 28.2 Å². The Morgan fingerprint density at radius 2 is 1.84 bits per heavy atom. The molecule has 2 aromatic carbocycles. The average Bonchev–Trinajstić information content (AvgIpc) is 2.79. The van der Waals surface area contributed by atoms with Gasteiger partial charge in [0.2, 0.25) is 0 Å². The smallest absolute Gasteiger partial charge is 0.0498 e. The van der Waals surface area contributed by atoms with Crippen LogP contribution in [0.15, 0.2) is 48.5 Å². The summed E-state index contributed by atoms with van der Waals surface area (Å²) in [7, 11) is 0. The van der Waals surface area contributed by atoms with E-state index in [-0.39, 0.29) is 6.61 Å². The molecule has 0 aliphatic heterocycles. The topological polar surface area (TPSA) is 36.0 Å². The minimum atomic E-state index is 0.124. The summed E-state index contributed by atoms with van der Waals surface area (Å²) in [5, 5.41) is 11.1. The summed E-state index contributed by atoms with van der Waals surface area (Å²) in [6.07, 6.45) is 0.616. The van der Waals surface area contributed by atoms with Crippen LogP contribution in [0.2, 0.25) is 5.02 Å². The van der Waals surface area contributed by atoms with Crippen LogP contribution in [0.4, 0.5) is 0 Å². The summed E-state index contributed by atoms with van der Waals surface area (Å²) in [4.78, 5) is 3.42. The number of halogens is 1. The van der Waals surface area contributed by atoms with Crippen molar-refractivity contribution >= 4 is 22.5 Å². The predicted octanol–water partition coefficient (Wildman–Crippen LogP) is 4.02. The number of aliphatic hydroxyl groups is 1. The van der Waals surface area contributed by atoms with E-state index in [9.17, 15) is 5.11 Å². The summed E-state index contributed by atoms with van der Waals surface area (Å²) >= 11 is 6.07. The highest BCUT2D eigenvalue weighted by Gasteiger charge is 2.12. The second kappa shape index (κ2) is 5.08. The van der Waals surface area contributed by atoms with Gasteiger partial charge < -0.3 is 10.1 Å². The number of fused-ring (bicyclic) bond motifs is 1. The fraction of sp³-hybridized carbons (Fsp3) is 0.125. The second-order valence-corrected chi connectivity index (χ2v) is 4.94. The van der Waals surface area contributed by atoms with Gasteiger partial charge in [-0.3, -0.25) is 0 Å². The lowest BCUT2D eigenvalue weighted by Crippen LogP contribution is -1.92. The van der Waals surface area contributed by atoms with Crippen molar-refractivity contribution in [2.45, 2.75) is 6.42 Å². The standard InChI is InChI=1S/C16H14ClNO/c17-12-6-7-15-14(10-12)13(8-9-19)16(18-15)11-4-2-1-3-5-11/h1-7,10,18-19H,8-9H2. The third-order valence-corrected chi connectivity index (χ3v) is 3.53. The van der Waals surface area contributed by atoms with Crippen LogP contribution in [0, 0.1) is 0 Å². The van der Waals surface area contributed by atoms with E-state index in [2.05, 4.69) is 17.1 Å². The maximum Gasteiger partial charge on any atom is 0.0498 e. The first-order chi connectivity index (χ1) is 9.29. The predicted molar refractivity (Wildman–Crippen MR) is 79.5 cm³/mol. The summed E-state index contributed by atoms with van der Waals surface area (Å²) in [6, 6.07) is 15.9. The average molecular weight is 272 g/mol. The van der Waals surface area contributed by atoms with Crippen molar-refractivity contribution in [3.8, 4) is 11.3 Å². The highest BCUT2D eigenvalue weighted by atomic mass is 35.5. The lowest BCUT2D eigenvalue weighted by atomic mass is 10.0. The summed E-state index contributed by atoms with van der Waals surface area (Å²) in [5.41, 5.74) is 4.35. The monoisotopic (exact) mass is 271 g/mol. The van der Waals surface area contributed by atoms with E-state index in [4.69, 9.17) is 11.6 Å². The van der Waals surface area contributed by atoms with Crippen molar-refractivity contribution in [1.29, 1.82) is 0 Å². The molecule has 2 N–H and O–H groups in total. The molecule has 2 nitrogen and oxygen atoms in total. The summed E-state index contributed by atoms with van der Waals surface area (Å²) in [6.45, 7) is 0.124. The molecule has 3 aromatic rings. The Morgan fingerprint density at radius 1 is 1.05 bits per heavy atom. The molecule has 19 heavy (non-hydrogen) atoms. The minimum Gasteiger partial charge on any atom is -0.396 e. The normalized spacial score (nSPS) is 11.1. The van der Waals surface area contributed by atoms with Gasteiger partial charge in [-0.15, -0.1) is 0 Å². The molecule has 0 aliphatic carbocycles. The van der Waals surface area contributed by atoms with Crippen LogP contribution >= 0.6 is 11.6 Å². The zero-order chi connectivity index (χ0) is 13.2. The van der Waals surface area contributed by atoms with E-state index in [1.54, 1.807) is 0 Å². The largest absolute Gasteiger partial charge is 0.396 e. The maximum atomic E-state index is 9.29. The van der Waals surface area contributed by atoms with Crippen molar-refractivity contribution in [3.63, 3.8) is 0 Å². The number of aliphatic hydroxyl groups excluding tert-OH is 1. The van der Waals surface area contributed by atoms with Crippen LogP contribution in [0.25, 0.3) is 22.2 Å². The van der Waals surface area contributed by atoms with Gasteiger partial charge in [-0.05, 0) is 35.7 Å². The molecule has 1 aromatic heterocycles. The Bertz CT molecular complexity index is 703. The Balaban J connectivity index is 2.26. The van der Waals surface area contributed by atoms with Crippen molar-refractivity contribution in [3.05, 3.63) is 59.1 Å². The lowest BCUT2D eigenvalue weighted by Gasteiger charge is -2.03. The van der Waals surface area contributed by atoms with Gasteiger partial charge in [-0.25, -0.2) is 0 Å². The number of H-pyrrole nitrogens is 1. The van der Waals surface area contributed by atoms with Gasteiger partial charge in [0.05, 0.1) is 0 Å². The van der Waals surface area contributed by atoms with Gasteiger partial charge >= 0.3 is 0 Å². The van der Waals surface area contributed by atoms with E-state index in [1.165, 1.54) is 0 Å². The number of aromatic nitrogens is 1. The molecular weight excluding hydrogens is 258 g/mol. The molecule has 0 aliphatic rings. The number of rotatable bonds is 3. The van der Waals surface area contributed by atoms with Crippen LogP contribution in [-0.4, -0.2) is 16.7 Å². The number of benzene rings is 2. The molecular formula is C16H14ClNO. The number of hydrogen-bond acceptors (Lipinski definition) is 1. The third-order valence-electron chi connectivity index (χ3n) is 3.29. The fourth-order valence-electron chi connectivity index (χ4n) is 2.44. The zero-order valence-corrected chi connectivity index (χ0v) is 11.1. The van der Waals surface area contributed by atoms with Crippen molar-refractivity contribution in [2.24, 2.45) is 0 Å². The molecule has 0 amide bonds. The molecule has 0 saturated carbocycles. The molecule has 1 heterocycles. The number of aromatic amines is 1. The van der Waals surface area contributed by atoms with E-state index in [0.717, 1.165) is 27.7 Å². The molecule has 0 radical (unpaired) electrons. The number of nitrogens with one attached hydrogen (secondary N) is 1. The molecule has 0 unspecified atom stereocenters. The molecule has 96 valence electrons. The quantitative estimate of drug-likeness (QED) is 0.741. The summed E-state index contributed by atoms with van der Waals surface area (Å²) < 4.78 is 0. The first kappa shape index (κ1) is 12.3. The SMILES string of the molecule is OCCc1c(-c2ccccc2)[nH]c2ccc(Cl)cc12. The second-order valence-electron chi connectivity index (χ2n) is 4.51. The lowest BCUT2D eigenvalue weighted by molar-refractivity contribution is 0.300. The molecule has 0 bridgehead atoms. The molecule has 0 fully saturated rings.